The molecular formula is C17H20FN5O. The summed E-state index contributed by atoms with van der Waals surface area (Å²) in [5.41, 5.74) is 0.361. The fourth-order valence-electron chi connectivity index (χ4n) is 2.64. The lowest BCUT2D eigenvalue weighted by atomic mass is 10.3. The van der Waals surface area contributed by atoms with Gasteiger partial charge in [0.15, 0.2) is 0 Å². The number of carbonyl (C=O) groups is 1. The first-order valence-corrected chi connectivity index (χ1v) is 8.03. The van der Waals surface area contributed by atoms with Gasteiger partial charge in [-0.15, -0.1) is 0 Å². The van der Waals surface area contributed by atoms with Crippen molar-refractivity contribution in [3.8, 4) is 0 Å². The number of benzene rings is 1. The van der Waals surface area contributed by atoms with Gasteiger partial charge in [-0.2, -0.15) is 0 Å². The fraction of sp³-hybridized carbons (Fsp3) is 0.353. The number of rotatable bonds is 4. The zero-order valence-corrected chi connectivity index (χ0v) is 13.6. The molecule has 6 nitrogen and oxygen atoms in total. The highest BCUT2D eigenvalue weighted by molar-refractivity contribution is 6.03. The van der Waals surface area contributed by atoms with Gasteiger partial charge in [-0.3, -0.25) is 4.79 Å². The molecule has 1 N–H and O–H groups in total. The molecule has 3 rings (SSSR count). The van der Waals surface area contributed by atoms with Gasteiger partial charge in [-0.05, 0) is 24.7 Å². The van der Waals surface area contributed by atoms with Crippen molar-refractivity contribution in [1.29, 1.82) is 0 Å². The van der Waals surface area contributed by atoms with Gasteiger partial charge >= 0.3 is 0 Å². The van der Waals surface area contributed by atoms with Crippen molar-refractivity contribution in [2.24, 2.45) is 0 Å². The van der Waals surface area contributed by atoms with Crippen LogP contribution >= 0.6 is 0 Å². The van der Waals surface area contributed by atoms with E-state index < -0.39 is 11.7 Å². The molecule has 1 fully saturated rings. The third-order valence-corrected chi connectivity index (χ3v) is 4.10. The number of nitrogens with zero attached hydrogens (tertiary/aromatic N) is 4. The average molecular weight is 329 g/mol. The van der Waals surface area contributed by atoms with Gasteiger partial charge in [-0.1, -0.05) is 19.1 Å². The van der Waals surface area contributed by atoms with Crippen LogP contribution in [0.4, 0.5) is 16.0 Å². The molecule has 0 aliphatic carbocycles. The second-order valence-electron chi connectivity index (χ2n) is 5.60. The van der Waals surface area contributed by atoms with Crippen LogP contribution < -0.4 is 10.2 Å². The molecule has 1 aliphatic rings. The highest BCUT2D eigenvalue weighted by atomic mass is 19.1. The molecule has 1 aromatic carbocycles. The summed E-state index contributed by atoms with van der Waals surface area (Å²) in [6.07, 6.45) is 1.56. The third-order valence-electron chi connectivity index (χ3n) is 4.10. The molecule has 0 radical (unpaired) electrons. The number of amides is 1. The van der Waals surface area contributed by atoms with E-state index in [0.29, 0.717) is 5.95 Å². The van der Waals surface area contributed by atoms with Crippen molar-refractivity contribution in [3.05, 3.63) is 48.0 Å². The Morgan fingerprint density at radius 2 is 1.96 bits per heavy atom. The van der Waals surface area contributed by atoms with Gasteiger partial charge in [0.05, 0.1) is 5.69 Å². The van der Waals surface area contributed by atoms with E-state index in [2.05, 4.69) is 32.0 Å². The Kier molecular flexibility index (Phi) is 5.00. The Bertz CT molecular complexity index is 716. The number of hydrogen-bond acceptors (Lipinski definition) is 5. The largest absolute Gasteiger partial charge is 0.338 e. The Morgan fingerprint density at radius 1 is 1.21 bits per heavy atom. The summed E-state index contributed by atoms with van der Waals surface area (Å²) in [5, 5.41) is 2.54. The van der Waals surface area contributed by atoms with Gasteiger partial charge < -0.3 is 15.1 Å². The minimum atomic E-state index is -0.476. The van der Waals surface area contributed by atoms with Crippen molar-refractivity contribution >= 4 is 17.5 Å². The normalized spacial score (nSPS) is 15.3. The molecule has 1 saturated heterocycles. The molecule has 0 unspecified atom stereocenters. The van der Waals surface area contributed by atoms with Crippen LogP contribution in [0.15, 0.2) is 36.5 Å². The van der Waals surface area contributed by atoms with Gasteiger partial charge in [0.2, 0.25) is 5.95 Å². The van der Waals surface area contributed by atoms with Crippen LogP contribution in [0.2, 0.25) is 0 Å². The number of aromatic nitrogens is 2. The Hall–Kier alpha value is -2.54. The Balaban J connectivity index is 1.71. The highest BCUT2D eigenvalue weighted by Crippen LogP contribution is 2.15. The maximum Gasteiger partial charge on any atom is 0.274 e. The van der Waals surface area contributed by atoms with Crippen LogP contribution in [-0.4, -0.2) is 53.5 Å². The summed E-state index contributed by atoms with van der Waals surface area (Å²) in [5.74, 6) is -0.390. The Labute approximate surface area is 140 Å². The molecule has 0 saturated carbocycles. The minimum Gasteiger partial charge on any atom is -0.338 e. The lowest BCUT2D eigenvalue weighted by molar-refractivity contribution is 0.102. The van der Waals surface area contributed by atoms with E-state index in [-0.39, 0.29) is 11.4 Å². The number of halogens is 1. The van der Waals surface area contributed by atoms with Crippen LogP contribution in [0.1, 0.15) is 17.4 Å². The topological polar surface area (TPSA) is 61.4 Å². The van der Waals surface area contributed by atoms with Crippen molar-refractivity contribution < 1.29 is 9.18 Å². The van der Waals surface area contributed by atoms with Gasteiger partial charge in [-0.25, -0.2) is 14.4 Å². The first kappa shape index (κ1) is 16.3. The number of anilines is 2. The third kappa shape index (κ3) is 3.68. The van der Waals surface area contributed by atoms with E-state index in [1.165, 1.54) is 18.2 Å². The van der Waals surface area contributed by atoms with Crippen LogP contribution in [0.3, 0.4) is 0 Å². The average Bonchev–Trinajstić information content (AvgIpc) is 2.64. The van der Waals surface area contributed by atoms with Crippen LogP contribution in [0.25, 0.3) is 0 Å². The zero-order chi connectivity index (χ0) is 16.9. The van der Waals surface area contributed by atoms with Crippen molar-refractivity contribution in [1.82, 2.24) is 14.9 Å². The molecule has 1 aromatic heterocycles. The van der Waals surface area contributed by atoms with E-state index in [1.807, 2.05) is 0 Å². The van der Waals surface area contributed by atoms with Gasteiger partial charge in [0.25, 0.3) is 5.91 Å². The molecule has 1 amide bonds. The lowest BCUT2D eigenvalue weighted by Gasteiger charge is -2.34. The molecule has 1 aliphatic heterocycles. The summed E-state index contributed by atoms with van der Waals surface area (Å²) in [6, 6.07) is 7.58. The first-order valence-electron chi connectivity index (χ1n) is 8.03. The number of hydrogen-bond donors (Lipinski definition) is 1. The standard InChI is InChI=1S/C17H20FN5O/c1-2-22-9-11-23(12-10-22)17-19-8-7-15(21-17)16(24)20-14-6-4-3-5-13(14)18/h3-8H,2,9-12H2,1H3,(H,20,24). The number of para-hydroxylation sites is 1. The maximum absolute atomic E-state index is 13.6. The predicted octanol–water partition coefficient (Wildman–Crippen LogP) is 2.01. The second kappa shape index (κ2) is 7.35. The predicted molar refractivity (Wildman–Crippen MR) is 90.7 cm³/mol. The van der Waals surface area contributed by atoms with Gasteiger partial charge in [0.1, 0.15) is 11.5 Å². The molecule has 0 atom stereocenters. The van der Waals surface area contributed by atoms with E-state index >= 15 is 0 Å². The molecule has 2 aromatic rings. The molecule has 0 bridgehead atoms. The number of likely N-dealkylation sites (N-methyl/N-ethyl adjacent to an activating group) is 1. The van der Waals surface area contributed by atoms with E-state index in [1.54, 1.807) is 18.3 Å². The summed E-state index contributed by atoms with van der Waals surface area (Å²) in [4.78, 5) is 25.3. The summed E-state index contributed by atoms with van der Waals surface area (Å²) in [6.45, 7) is 6.72. The van der Waals surface area contributed by atoms with Crippen molar-refractivity contribution in [2.75, 3.05) is 42.9 Å². The number of carbonyl (C=O) groups excluding carboxylic acids is 1. The molecule has 0 spiro atoms. The quantitative estimate of drug-likeness (QED) is 0.930. The second-order valence-corrected chi connectivity index (χ2v) is 5.60. The summed E-state index contributed by atoms with van der Waals surface area (Å²) in [7, 11) is 0. The summed E-state index contributed by atoms with van der Waals surface area (Å²) >= 11 is 0. The smallest absolute Gasteiger partial charge is 0.274 e. The Morgan fingerprint density at radius 3 is 2.67 bits per heavy atom. The van der Waals surface area contributed by atoms with Crippen LogP contribution in [-0.2, 0) is 0 Å². The molecular weight excluding hydrogens is 309 g/mol. The van der Waals surface area contributed by atoms with Gasteiger partial charge in [0, 0.05) is 32.4 Å². The lowest BCUT2D eigenvalue weighted by Crippen LogP contribution is -2.46. The van der Waals surface area contributed by atoms with Crippen molar-refractivity contribution in [3.63, 3.8) is 0 Å². The number of piperazine rings is 1. The number of nitrogens with one attached hydrogen (secondary N) is 1. The van der Waals surface area contributed by atoms with Crippen molar-refractivity contribution in [2.45, 2.75) is 6.92 Å². The fourth-order valence-corrected chi connectivity index (χ4v) is 2.64. The molecule has 126 valence electrons. The molecule has 7 heteroatoms. The van der Waals surface area contributed by atoms with Crippen LogP contribution in [0.5, 0.6) is 0 Å². The zero-order valence-electron chi connectivity index (χ0n) is 13.6. The monoisotopic (exact) mass is 329 g/mol. The first-order chi connectivity index (χ1) is 11.7. The SMILES string of the molecule is CCN1CCN(c2nccc(C(=O)Nc3ccccc3F)n2)CC1. The van der Waals surface area contributed by atoms with E-state index in [4.69, 9.17) is 0 Å². The molecule has 24 heavy (non-hydrogen) atoms. The maximum atomic E-state index is 13.6. The van der Waals surface area contributed by atoms with Crippen LogP contribution in [0, 0.1) is 5.82 Å². The highest BCUT2D eigenvalue weighted by Gasteiger charge is 2.19. The minimum absolute atomic E-state index is 0.138. The molecule has 2 heterocycles. The van der Waals surface area contributed by atoms with E-state index in [0.717, 1.165) is 32.7 Å². The summed E-state index contributed by atoms with van der Waals surface area (Å²) < 4.78 is 13.6. The van der Waals surface area contributed by atoms with E-state index in [9.17, 15) is 9.18 Å².